The van der Waals surface area contributed by atoms with Gasteiger partial charge in [-0.25, -0.2) is 0 Å². The summed E-state index contributed by atoms with van der Waals surface area (Å²) in [6, 6.07) is 7.10. The second-order valence-corrected chi connectivity index (χ2v) is 7.95. The summed E-state index contributed by atoms with van der Waals surface area (Å²) in [4.78, 5) is 0. The molecule has 0 radical (unpaired) electrons. The predicted octanol–water partition coefficient (Wildman–Crippen LogP) is 5.29. The van der Waals surface area contributed by atoms with Crippen molar-refractivity contribution in [3.05, 3.63) is 26.2 Å². The highest BCUT2D eigenvalue weighted by atomic mass is 127. The molecule has 0 amide bonds. The molecule has 1 aliphatic carbocycles. The summed E-state index contributed by atoms with van der Waals surface area (Å²) in [6.45, 7) is 7.10. The highest BCUT2D eigenvalue weighted by Gasteiger charge is 2.36. The van der Waals surface area contributed by atoms with Gasteiger partial charge in [-0.3, -0.25) is 0 Å². The van der Waals surface area contributed by atoms with Gasteiger partial charge in [0.1, 0.15) is 0 Å². The molecule has 2 unspecified atom stereocenters. The number of nitrogens with one attached hydrogen (secondary N) is 1. The first-order valence-electron chi connectivity index (χ1n) is 6.09. The van der Waals surface area contributed by atoms with Crippen LogP contribution in [0, 0.1) is 14.9 Å². The van der Waals surface area contributed by atoms with Crippen molar-refractivity contribution in [2.45, 2.75) is 39.7 Å². The molecule has 2 rings (SSSR count). The zero-order chi connectivity index (χ0) is 12.6. The van der Waals surface area contributed by atoms with E-state index in [1.54, 1.807) is 0 Å². The third-order valence-corrected chi connectivity index (χ3v) is 5.93. The Morgan fingerprint density at radius 3 is 2.59 bits per heavy atom. The number of hydrogen-bond donors (Lipinski definition) is 1. The van der Waals surface area contributed by atoms with Gasteiger partial charge < -0.3 is 5.32 Å². The Balaban J connectivity index is 2.08. The van der Waals surface area contributed by atoms with Crippen LogP contribution in [-0.4, -0.2) is 6.04 Å². The monoisotopic (exact) mass is 407 g/mol. The second kappa shape index (κ2) is 5.08. The van der Waals surface area contributed by atoms with E-state index in [0.29, 0.717) is 11.5 Å². The fourth-order valence-corrected chi connectivity index (χ4v) is 3.65. The van der Waals surface area contributed by atoms with E-state index >= 15 is 0 Å². The molecule has 0 spiro atoms. The number of rotatable bonds is 2. The fraction of sp³-hybridized carbons (Fsp3) is 0.571. The van der Waals surface area contributed by atoms with E-state index in [1.807, 2.05) is 0 Å². The molecule has 0 aromatic heterocycles. The maximum Gasteiger partial charge on any atom is 0.0353 e. The number of hydrogen-bond acceptors (Lipinski definition) is 1. The third kappa shape index (κ3) is 3.37. The van der Waals surface area contributed by atoms with E-state index in [4.69, 9.17) is 0 Å². The fourth-order valence-electron chi connectivity index (χ4n) is 2.89. The Kier molecular flexibility index (Phi) is 4.08. The van der Waals surface area contributed by atoms with Crippen LogP contribution < -0.4 is 5.32 Å². The van der Waals surface area contributed by atoms with Crippen molar-refractivity contribution >= 4 is 44.2 Å². The van der Waals surface area contributed by atoms with Crippen molar-refractivity contribution in [1.82, 2.24) is 0 Å². The Morgan fingerprint density at radius 2 is 2.06 bits per heavy atom. The lowest BCUT2D eigenvalue weighted by atomic mass is 9.91. The maximum atomic E-state index is 3.69. The lowest BCUT2D eigenvalue weighted by molar-refractivity contribution is 0.366. The Bertz CT molecular complexity index is 417. The molecular weight excluding hydrogens is 389 g/mol. The Hall–Kier alpha value is 0.230. The Labute approximate surface area is 126 Å². The summed E-state index contributed by atoms with van der Waals surface area (Å²) in [5.74, 6) is 0.756. The van der Waals surface area contributed by atoms with Crippen molar-refractivity contribution in [2.24, 2.45) is 11.3 Å². The van der Waals surface area contributed by atoms with Gasteiger partial charge in [0.05, 0.1) is 0 Å². The zero-order valence-corrected chi connectivity index (χ0v) is 14.3. The molecular formula is C14H19BrIN. The maximum absolute atomic E-state index is 3.69. The van der Waals surface area contributed by atoms with Crippen LogP contribution in [0.4, 0.5) is 5.69 Å². The van der Waals surface area contributed by atoms with Crippen molar-refractivity contribution in [1.29, 1.82) is 0 Å². The largest absolute Gasteiger partial charge is 0.382 e. The molecule has 3 heteroatoms. The van der Waals surface area contributed by atoms with Crippen LogP contribution in [0.15, 0.2) is 22.7 Å². The normalized spacial score (nSPS) is 27.1. The molecule has 1 aliphatic rings. The van der Waals surface area contributed by atoms with Crippen molar-refractivity contribution in [2.75, 3.05) is 5.32 Å². The third-order valence-electron chi connectivity index (χ3n) is 3.61. The van der Waals surface area contributed by atoms with Crippen LogP contribution in [0.2, 0.25) is 0 Å². The first-order valence-corrected chi connectivity index (χ1v) is 7.96. The minimum Gasteiger partial charge on any atom is -0.382 e. The average molecular weight is 408 g/mol. The van der Waals surface area contributed by atoms with Gasteiger partial charge >= 0.3 is 0 Å². The van der Waals surface area contributed by atoms with Crippen LogP contribution >= 0.6 is 38.5 Å². The summed E-state index contributed by atoms with van der Waals surface area (Å²) in [7, 11) is 0. The van der Waals surface area contributed by atoms with Crippen LogP contribution in [0.25, 0.3) is 0 Å². The summed E-state index contributed by atoms with van der Waals surface area (Å²) in [5.41, 5.74) is 1.73. The van der Waals surface area contributed by atoms with Gasteiger partial charge in [0.15, 0.2) is 0 Å². The number of halogens is 2. The second-order valence-electron chi connectivity index (χ2n) is 5.93. The molecule has 1 nitrogen and oxygen atoms in total. The summed E-state index contributed by atoms with van der Waals surface area (Å²) >= 11 is 5.90. The molecule has 94 valence electrons. The minimum atomic E-state index is 0.486. The molecule has 1 aromatic rings. The highest BCUT2D eigenvalue weighted by Crippen LogP contribution is 2.42. The molecule has 0 aliphatic heterocycles. The smallest absolute Gasteiger partial charge is 0.0353 e. The van der Waals surface area contributed by atoms with Gasteiger partial charge in [-0.1, -0.05) is 20.8 Å². The number of anilines is 1. The van der Waals surface area contributed by atoms with Crippen LogP contribution in [0.5, 0.6) is 0 Å². The minimum absolute atomic E-state index is 0.486. The van der Waals surface area contributed by atoms with Crippen LogP contribution in [0.1, 0.15) is 33.6 Å². The first kappa shape index (κ1) is 13.7. The lowest BCUT2D eigenvalue weighted by Crippen LogP contribution is -2.22. The van der Waals surface area contributed by atoms with E-state index in [1.165, 1.54) is 26.6 Å². The standard InChI is InChI=1S/C14H19BrIN/c1-9-7-14(2,3)8-13(9)17-10-4-5-11(15)12(16)6-10/h4-6,9,13,17H,7-8H2,1-3H3. The molecule has 1 saturated carbocycles. The molecule has 1 aromatic carbocycles. The van der Waals surface area contributed by atoms with E-state index in [2.05, 4.69) is 82.8 Å². The first-order chi connectivity index (χ1) is 7.87. The quantitative estimate of drug-likeness (QED) is 0.656. The van der Waals surface area contributed by atoms with Crippen molar-refractivity contribution in [3.63, 3.8) is 0 Å². The van der Waals surface area contributed by atoms with Gasteiger partial charge in [-0.05, 0) is 80.9 Å². The SMILES string of the molecule is CC1CC(C)(C)CC1Nc1ccc(Br)c(I)c1. The van der Waals surface area contributed by atoms with E-state index in [0.717, 1.165) is 5.92 Å². The molecule has 0 bridgehead atoms. The molecule has 1 N–H and O–H groups in total. The summed E-state index contributed by atoms with van der Waals surface area (Å²) < 4.78 is 2.43. The van der Waals surface area contributed by atoms with Crippen molar-refractivity contribution < 1.29 is 0 Å². The zero-order valence-electron chi connectivity index (χ0n) is 10.6. The molecule has 2 atom stereocenters. The molecule has 1 fully saturated rings. The molecule has 17 heavy (non-hydrogen) atoms. The van der Waals surface area contributed by atoms with Crippen molar-refractivity contribution in [3.8, 4) is 0 Å². The summed E-state index contributed by atoms with van der Waals surface area (Å²) in [5, 5.41) is 3.69. The highest BCUT2D eigenvalue weighted by molar-refractivity contribution is 14.1. The van der Waals surface area contributed by atoms with E-state index in [-0.39, 0.29) is 0 Å². The van der Waals surface area contributed by atoms with Crippen LogP contribution in [0.3, 0.4) is 0 Å². The predicted molar refractivity (Wildman–Crippen MR) is 86.4 cm³/mol. The molecule has 0 saturated heterocycles. The van der Waals surface area contributed by atoms with E-state index < -0.39 is 0 Å². The van der Waals surface area contributed by atoms with Gasteiger partial charge in [-0.2, -0.15) is 0 Å². The van der Waals surface area contributed by atoms with Gasteiger partial charge in [0, 0.05) is 19.8 Å². The number of benzene rings is 1. The summed E-state index contributed by atoms with van der Waals surface area (Å²) in [6.07, 6.45) is 2.58. The average Bonchev–Trinajstić information content (AvgIpc) is 2.46. The van der Waals surface area contributed by atoms with Gasteiger partial charge in [0.2, 0.25) is 0 Å². The Morgan fingerprint density at radius 1 is 1.35 bits per heavy atom. The van der Waals surface area contributed by atoms with Gasteiger partial charge in [-0.15, -0.1) is 0 Å². The lowest BCUT2D eigenvalue weighted by Gasteiger charge is -2.20. The van der Waals surface area contributed by atoms with Crippen LogP contribution in [-0.2, 0) is 0 Å². The topological polar surface area (TPSA) is 12.0 Å². The van der Waals surface area contributed by atoms with E-state index in [9.17, 15) is 0 Å². The van der Waals surface area contributed by atoms with Gasteiger partial charge in [0.25, 0.3) is 0 Å². The molecule has 0 heterocycles.